The van der Waals surface area contributed by atoms with E-state index in [1.54, 1.807) is 7.11 Å². The van der Waals surface area contributed by atoms with Gasteiger partial charge in [-0.25, -0.2) is 0 Å². The lowest BCUT2D eigenvalue weighted by Gasteiger charge is -2.35. The van der Waals surface area contributed by atoms with E-state index in [0.29, 0.717) is 26.0 Å². The molecule has 0 bridgehead atoms. The molecule has 0 radical (unpaired) electrons. The third-order valence-corrected chi connectivity index (χ3v) is 7.31. The van der Waals surface area contributed by atoms with Crippen molar-refractivity contribution in [3.63, 3.8) is 0 Å². The molecule has 1 atom stereocenters. The zero-order valence-corrected chi connectivity index (χ0v) is 20.2. The van der Waals surface area contributed by atoms with Gasteiger partial charge in [0.1, 0.15) is 19.7 Å². The van der Waals surface area contributed by atoms with Crippen molar-refractivity contribution in [2.24, 2.45) is 0 Å². The lowest BCUT2D eigenvalue weighted by Crippen LogP contribution is -2.47. The van der Waals surface area contributed by atoms with E-state index in [4.69, 9.17) is 18.5 Å². The Balaban J connectivity index is 2.03. The highest BCUT2D eigenvalue weighted by molar-refractivity contribution is 7.53. The molecular formula is C24H37NO5P+. The minimum Gasteiger partial charge on any atom is -0.493 e. The lowest BCUT2D eigenvalue weighted by molar-refractivity contribution is -0.922. The SMILES string of the molecule is CCOP(=O)(CCC[N+](C)(CCOc1ccccc1OC)Cc1ccccc1)OCC. The molecule has 2 aromatic rings. The van der Waals surface area contributed by atoms with Gasteiger partial charge in [0.15, 0.2) is 11.5 Å². The molecule has 0 N–H and O–H groups in total. The van der Waals surface area contributed by atoms with E-state index >= 15 is 0 Å². The number of hydrogen-bond donors (Lipinski definition) is 0. The van der Waals surface area contributed by atoms with E-state index in [2.05, 4.69) is 31.3 Å². The zero-order valence-electron chi connectivity index (χ0n) is 19.3. The molecule has 0 amide bonds. The molecule has 172 valence electrons. The van der Waals surface area contributed by atoms with Gasteiger partial charge >= 0.3 is 7.60 Å². The molecule has 2 aromatic carbocycles. The Hall–Kier alpha value is -1.85. The minimum atomic E-state index is -3.03. The summed E-state index contributed by atoms with van der Waals surface area (Å²) in [4.78, 5) is 0. The van der Waals surface area contributed by atoms with Gasteiger partial charge in [0.25, 0.3) is 0 Å². The van der Waals surface area contributed by atoms with Crippen molar-refractivity contribution in [1.29, 1.82) is 0 Å². The molecule has 0 saturated carbocycles. The number of rotatable bonds is 15. The van der Waals surface area contributed by atoms with Crippen LogP contribution in [0.25, 0.3) is 0 Å². The fraction of sp³-hybridized carbons (Fsp3) is 0.500. The normalized spacial score (nSPS) is 13.5. The van der Waals surface area contributed by atoms with Crippen molar-refractivity contribution in [1.82, 2.24) is 0 Å². The number of likely N-dealkylation sites (N-methyl/N-ethyl adjacent to an activating group) is 1. The Morgan fingerprint density at radius 3 is 2.10 bits per heavy atom. The molecule has 0 aliphatic rings. The van der Waals surface area contributed by atoms with Gasteiger partial charge in [0, 0.05) is 12.0 Å². The Kier molecular flexibility index (Phi) is 10.6. The Labute approximate surface area is 187 Å². The van der Waals surface area contributed by atoms with Crippen molar-refractivity contribution in [2.75, 3.05) is 53.2 Å². The number of hydrogen-bond acceptors (Lipinski definition) is 5. The number of ether oxygens (including phenoxy) is 2. The van der Waals surface area contributed by atoms with Gasteiger partial charge in [-0.2, -0.15) is 0 Å². The van der Waals surface area contributed by atoms with Gasteiger partial charge in [-0.3, -0.25) is 4.57 Å². The molecule has 1 unspecified atom stereocenters. The molecule has 31 heavy (non-hydrogen) atoms. The fourth-order valence-corrected chi connectivity index (χ4v) is 5.26. The highest BCUT2D eigenvalue weighted by Gasteiger charge is 2.27. The molecule has 0 spiro atoms. The number of benzene rings is 2. The van der Waals surface area contributed by atoms with Crippen molar-refractivity contribution in [2.45, 2.75) is 26.8 Å². The molecule has 2 rings (SSSR count). The van der Waals surface area contributed by atoms with Crippen LogP contribution in [0, 0.1) is 0 Å². The number of para-hydroxylation sites is 2. The van der Waals surface area contributed by atoms with Crippen LogP contribution in [-0.2, 0) is 20.2 Å². The second-order valence-electron chi connectivity index (χ2n) is 7.73. The topological polar surface area (TPSA) is 54.0 Å². The van der Waals surface area contributed by atoms with E-state index in [1.807, 2.05) is 44.2 Å². The van der Waals surface area contributed by atoms with E-state index in [1.165, 1.54) is 5.56 Å². The van der Waals surface area contributed by atoms with E-state index < -0.39 is 7.60 Å². The summed E-state index contributed by atoms with van der Waals surface area (Å²) >= 11 is 0. The summed E-state index contributed by atoms with van der Waals surface area (Å²) in [5.74, 6) is 1.47. The Morgan fingerprint density at radius 1 is 0.871 bits per heavy atom. The predicted molar refractivity (Wildman–Crippen MR) is 125 cm³/mol. The first-order valence-electron chi connectivity index (χ1n) is 10.9. The molecule has 6 nitrogen and oxygen atoms in total. The van der Waals surface area contributed by atoms with Crippen LogP contribution in [0.2, 0.25) is 0 Å². The van der Waals surface area contributed by atoms with Crippen LogP contribution in [0.4, 0.5) is 0 Å². The summed E-state index contributed by atoms with van der Waals surface area (Å²) in [6.07, 6.45) is 1.17. The van der Waals surface area contributed by atoms with Crippen molar-refractivity contribution >= 4 is 7.60 Å². The van der Waals surface area contributed by atoms with Gasteiger partial charge in [-0.15, -0.1) is 0 Å². The smallest absolute Gasteiger partial charge is 0.330 e. The summed E-state index contributed by atoms with van der Waals surface area (Å²) in [5, 5.41) is 0. The van der Waals surface area contributed by atoms with Crippen molar-refractivity contribution in [3.8, 4) is 11.5 Å². The van der Waals surface area contributed by atoms with E-state index in [9.17, 15) is 4.57 Å². The second-order valence-corrected chi connectivity index (χ2v) is 9.92. The Morgan fingerprint density at radius 2 is 1.48 bits per heavy atom. The second kappa shape index (κ2) is 12.9. The van der Waals surface area contributed by atoms with Crippen LogP contribution in [-0.4, -0.2) is 57.7 Å². The van der Waals surface area contributed by atoms with E-state index in [0.717, 1.165) is 42.0 Å². The van der Waals surface area contributed by atoms with Crippen LogP contribution in [0.15, 0.2) is 54.6 Å². The first kappa shape index (κ1) is 25.4. The minimum absolute atomic E-state index is 0.389. The van der Waals surface area contributed by atoms with Gasteiger partial charge in [-0.05, 0) is 26.0 Å². The highest BCUT2D eigenvalue weighted by Crippen LogP contribution is 2.48. The average molecular weight is 451 g/mol. The maximum Gasteiger partial charge on any atom is 0.330 e. The molecule has 0 aromatic heterocycles. The van der Waals surface area contributed by atoms with Crippen molar-refractivity contribution in [3.05, 3.63) is 60.2 Å². The summed E-state index contributed by atoms with van der Waals surface area (Å²) in [6, 6.07) is 18.1. The highest BCUT2D eigenvalue weighted by atomic mass is 31.2. The van der Waals surface area contributed by atoms with Gasteiger partial charge in [0.05, 0.1) is 40.1 Å². The van der Waals surface area contributed by atoms with Crippen LogP contribution in [0.1, 0.15) is 25.8 Å². The first-order chi connectivity index (χ1) is 14.9. The maximum absolute atomic E-state index is 12.8. The number of nitrogens with zero attached hydrogens (tertiary/aromatic N) is 1. The number of methoxy groups -OCH3 is 1. The largest absolute Gasteiger partial charge is 0.493 e. The third kappa shape index (κ3) is 8.66. The Bertz CT molecular complexity index is 807. The third-order valence-electron chi connectivity index (χ3n) is 5.15. The predicted octanol–water partition coefficient (Wildman–Crippen LogP) is 5.38. The quantitative estimate of drug-likeness (QED) is 0.269. The first-order valence-corrected chi connectivity index (χ1v) is 12.7. The van der Waals surface area contributed by atoms with Crippen molar-refractivity contribution < 1.29 is 27.6 Å². The van der Waals surface area contributed by atoms with Gasteiger partial charge < -0.3 is 23.0 Å². The molecule has 7 heteroatoms. The molecule has 0 aliphatic heterocycles. The average Bonchev–Trinajstić information content (AvgIpc) is 2.75. The standard InChI is InChI=1S/C24H37NO5P/c1-5-29-31(26,30-6-2)20-12-17-25(3,21-22-13-8-7-9-14-22)18-19-28-24-16-11-10-15-23(24)27-4/h7-11,13-16H,5-6,12,17-21H2,1-4H3/q+1. The van der Waals surface area contributed by atoms with Crippen LogP contribution in [0.3, 0.4) is 0 Å². The van der Waals surface area contributed by atoms with Crippen LogP contribution < -0.4 is 9.47 Å². The maximum atomic E-state index is 12.8. The van der Waals surface area contributed by atoms with Gasteiger partial charge in [-0.1, -0.05) is 42.5 Å². The summed E-state index contributed by atoms with van der Waals surface area (Å²) < 4.78 is 35.9. The molecule has 0 fully saturated rings. The fourth-order valence-electron chi connectivity index (χ4n) is 3.61. The molecular weight excluding hydrogens is 413 g/mol. The van der Waals surface area contributed by atoms with E-state index in [-0.39, 0.29) is 0 Å². The summed E-state index contributed by atoms with van der Waals surface area (Å²) in [6.45, 7) is 7.53. The molecule has 0 aliphatic carbocycles. The molecule has 0 saturated heterocycles. The van der Waals surface area contributed by atoms with Crippen LogP contribution >= 0.6 is 7.60 Å². The summed E-state index contributed by atoms with van der Waals surface area (Å²) in [5.41, 5.74) is 1.26. The van der Waals surface area contributed by atoms with Gasteiger partial charge in [0.2, 0.25) is 0 Å². The van der Waals surface area contributed by atoms with Crippen LogP contribution in [0.5, 0.6) is 11.5 Å². The zero-order chi connectivity index (χ0) is 22.6. The number of quaternary nitrogens is 1. The molecule has 0 heterocycles. The summed E-state index contributed by atoms with van der Waals surface area (Å²) in [7, 11) is 0.829. The monoisotopic (exact) mass is 450 g/mol. The lowest BCUT2D eigenvalue weighted by atomic mass is 10.2.